The van der Waals surface area contributed by atoms with Crippen molar-refractivity contribution >= 4 is 11.5 Å². The van der Waals surface area contributed by atoms with Crippen molar-refractivity contribution in [3.8, 4) is 0 Å². The molecule has 0 radical (unpaired) electrons. The lowest BCUT2D eigenvalue weighted by Gasteiger charge is -2.35. The van der Waals surface area contributed by atoms with Gasteiger partial charge in [-0.1, -0.05) is 60.7 Å². The molecule has 0 saturated heterocycles. The van der Waals surface area contributed by atoms with E-state index in [1.54, 1.807) is 0 Å². The second kappa shape index (κ2) is 5.82. The van der Waals surface area contributed by atoms with Gasteiger partial charge in [0, 0.05) is 18.6 Å². The molecule has 0 atom stereocenters. The molecule has 2 aromatic heterocycles. The van der Waals surface area contributed by atoms with E-state index in [1.807, 2.05) is 37.1 Å². The molecule has 0 aliphatic carbocycles. The van der Waals surface area contributed by atoms with Crippen LogP contribution in [0.15, 0.2) is 91.6 Å². The maximum absolute atomic E-state index is 4.36. The molecule has 0 fully saturated rings. The Morgan fingerprint density at radius 1 is 0.783 bits per heavy atom. The van der Waals surface area contributed by atoms with Crippen molar-refractivity contribution < 1.29 is 0 Å². The van der Waals surface area contributed by atoms with Crippen LogP contribution in [-0.4, -0.2) is 13.9 Å². The molecule has 2 aromatic carbocycles. The lowest BCUT2D eigenvalue weighted by molar-refractivity contribution is 0.524. The van der Waals surface area contributed by atoms with Crippen molar-refractivity contribution in [2.75, 3.05) is 0 Å². The number of hydrogen-bond acceptors (Lipinski definition) is 3. The summed E-state index contributed by atoms with van der Waals surface area (Å²) < 4.78 is 6.51. The zero-order chi connectivity index (χ0) is 15.5. The quantitative estimate of drug-likeness (QED) is 0.565. The monoisotopic (exact) mass is 317 g/mol. The average Bonchev–Trinajstić information content (AvgIpc) is 3.32. The highest BCUT2D eigenvalue weighted by Crippen LogP contribution is 2.41. The fraction of sp³-hybridized carbons (Fsp3) is 0.0526. The highest BCUT2D eigenvalue weighted by Gasteiger charge is 2.39. The predicted octanol–water partition coefficient (Wildman–Crippen LogP) is 4.18. The van der Waals surface area contributed by atoms with E-state index in [0.717, 1.165) is 4.88 Å². The van der Waals surface area contributed by atoms with E-state index in [1.165, 1.54) is 22.7 Å². The summed E-state index contributed by atoms with van der Waals surface area (Å²) >= 11 is 1.52. The maximum atomic E-state index is 4.36. The van der Waals surface area contributed by atoms with Gasteiger partial charge in [0.1, 0.15) is 5.54 Å². The number of aromatic nitrogens is 3. The summed E-state index contributed by atoms with van der Waals surface area (Å²) in [6.45, 7) is 0. The zero-order valence-electron chi connectivity index (χ0n) is 12.4. The van der Waals surface area contributed by atoms with E-state index in [4.69, 9.17) is 0 Å². The molecule has 0 amide bonds. The first-order valence-electron chi connectivity index (χ1n) is 7.43. The number of rotatable bonds is 4. The van der Waals surface area contributed by atoms with Crippen LogP contribution in [0.5, 0.6) is 0 Å². The molecule has 0 bridgehead atoms. The van der Waals surface area contributed by atoms with Crippen LogP contribution in [0.4, 0.5) is 0 Å². The van der Waals surface area contributed by atoms with E-state index < -0.39 is 5.54 Å². The second-order valence-electron chi connectivity index (χ2n) is 5.29. The van der Waals surface area contributed by atoms with Crippen LogP contribution in [0, 0.1) is 0 Å². The Kier molecular flexibility index (Phi) is 3.52. The number of imidazole rings is 1. The summed E-state index contributed by atoms with van der Waals surface area (Å²) in [5, 5.41) is 0. The minimum atomic E-state index is -0.458. The second-order valence-corrected chi connectivity index (χ2v) is 6.12. The van der Waals surface area contributed by atoms with Crippen LogP contribution in [0.2, 0.25) is 0 Å². The fourth-order valence-corrected chi connectivity index (χ4v) is 3.93. The summed E-state index contributed by atoms with van der Waals surface area (Å²) in [7, 11) is 0. The van der Waals surface area contributed by atoms with Gasteiger partial charge >= 0.3 is 0 Å². The minimum absolute atomic E-state index is 0.458. The highest BCUT2D eigenvalue weighted by atomic mass is 32.1. The molecule has 3 nitrogen and oxygen atoms in total. The molecule has 0 spiro atoms. The van der Waals surface area contributed by atoms with Crippen molar-refractivity contribution in [3.63, 3.8) is 0 Å². The number of hydrogen-bond donors (Lipinski definition) is 0. The Morgan fingerprint density at radius 2 is 1.43 bits per heavy atom. The van der Waals surface area contributed by atoms with Crippen LogP contribution < -0.4 is 0 Å². The molecule has 0 N–H and O–H groups in total. The van der Waals surface area contributed by atoms with E-state index in [2.05, 4.69) is 68.5 Å². The first kappa shape index (κ1) is 13.9. The standard InChI is InChI=1S/C19H15N3S/c1-3-7-16(8-4-1)19(18-11-12-21-23-18,22-14-13-20-15-22)17-9-5-2-6-10-17/h1-15H. The van der Waals surface area contributed by atoms with Gasteiger partial charge in [-0.15, -0.1) is 0 Å². The summed E-state index contributed by atoms with van der Waals surface area (Å²) in [5.41, 5.74) is 1.92. The Balaban J connectivity index is 2.11. The Hall–Kier alpha value is -2.72. The molecule has 2 heterocycles. The van der Waals surface area contributed by atoms with Crippen LogP contribution in [-0.2, 0) is 5.54 Å². The van der Waals surface area contributed by atoms with E-state index >= 15 is 0 Å². The first-order chi connectivity index (χ1) is 11.4. The molecule has 0 aliphatic rings. The molecule has 4 aromatic rings. The van der Waals surface area contributed by atoms with Gasteiger partial charge in [0.25, 0.3) is 0 Å². The third-order valence-electron chi connectivity index (χ3n) is 4.07. The average molecular weight is 317 g/mol. The highest BCUT2D eigenvalue weighted by molar-refractivity contribution is 7.06. The van der Waals surface area contributed by atoms with Crippen molar-refractivity contribution in [1.82, 2.24) is 13.9 Å². The van der Waals surface area contributed by atoms with Crippen LogP contribution in [0.25, 0.3) is 0 Å². The van der Waals surface area contributed by atoms with Gasteiger partial charge in [0.05, 0.1) is 11.2 Å². The number of nitrogens with zero attached hydrogens (tertiary/aromatic N) is 3. The molecular formula is C19H15N3S. The zero-order valence-corrected chi connectivity index (χ0v) is 13.2. The Labute approximate surface area is 139 Å². The van der Waals surface area contributed by atoms with Gasteiger partial charge < -0.3 is 4.57 Å². The van der Waals surface area contributed by atoms with Gasteiger partial charge in [0.2, 0.25) is 0 Å². The third-order valence-corrected chi connectivity index (χ3v) is 4.92. The molecule has 4 heteroatoms. The molecule has 112 valence electrons. The summed E-state index contributed by atoms with van der Waals surface area (Å²) in [6.07, 6.45) is 7.57. The van der Waals surface area contributed by atoms with E-state index in [9.17, 15) is 0 Å². The molecule has 0 unspecified atom stereocenters. The van der Waals surface area contributed by atoms with Gasteiger partial charge in [-0.25, -0.2) is 9.36 Å². The van der Waals surface area contributed by atoms with E-state index in [-0.39, 0.29) is 0 Å². The fourth-order valence-electron chi connectivity index (χ4n) is 3.10. The first-order valence-corrected chi connectivity index (χ1v) is 8.20. The third kappa shape index (κ3) is 2.19. The van der Waals surface area contributed by atoms with Gasteiger partial charge in [-0.2, -0.15) is 0 Å². The van der Waals surface area contributed by atoms with Crippen LogP contribution in [0.3, 0.4) is 0 Å². The SMILES string of the molecule is c1ccc(C(c2ccccc2)(c2ccns2)n2ccnc2)cc1. The van der Waals surface area contributed by atoms with Crippen molar-refractivity contribution in [1.29, 1.82) is 0 Å². The normalized spacial score (nSPS) is 11.5. The lowest BCUT2D eigenvalue weighted by Crippen LogP contribution is -2.36. The predicted molar refractivity (Wildman–Crippen MR) is 92.5 cm³/mol. The smallest absolute Gasteiger partial charge is 0.132 e. The van der Waals surface area contributed by atoms with Gasteiger partial charge in [-0.3, -0.25) is 0 Å². The number of benzene rings is 2. The summed E-state index contributed by atoms with van der Waals surface area (Å²) in [6, 6.07) is 23.1. The molecule has 0 saturated carbocycles. The maximum Gasteiger partial charge on any atom is 0.132 e. The van der Waals surface area contributed by atoms with E-state index in [0.29, 0.717) is 0 Å². The van der Waals surface area contributed by atoms with Gasteiger partial charge in [-0.05, 0) is 28.7 Å². The van der Waals surface area contributed by atoms with Crippen LogP contribution in [0.1, 0.15) is 16.0 Å². The Bertz CT molecular complexity index is 778. The lowest BCUT2D eigenvalue weighted by atomic mass is 9.81. The summed E-state index contributed by atoms with van der Waals surface area (Å²) in [5.74, 6) is 0. The summed E-state index contributed by atoms with van der Waals surface area (Å²) in [4.78, 5) is 5.46. The van der Waals surface area contributed by atoms with Gasteiger partial charge in [0.15, 0.2) is 0 Å². The van der Waals surface area contributed by atoms with Crippen molar-refractivity contribution in [2.45, 2.75) is 5.54 Å². The van der Waals surface area contributed by atoms with Crippen molar-refractivity contribution in [3.05, 3.63) is 108 Å². The largest absolute Gasteiger partial charge is 0.318 e. The molecular weight excluding hydrogens is 302 g/mol. The minimum Gasteiger partial charge on any atom is -0.318 e. The Morgan fingerprint density at radius 3 is 1.91 bits per heavy atom. The van der Waals surface area contributed by atoms with Crippen molar-refractivity contribution in [2.24, 2.45) is 0 Å². The topological polar surface area (TPSA) is 30.7 Å². The molecule has 23 heavy (non-hydrogen) atoms. The molecule has 0 aliphatic heterocycles. The molecule has 4 rings (SSSR count). The van der Waals surface area contributed by atoms with Crippen LogP contribution >= 0.6 is 11.5 Å².